The first-order valence-electron chi connectivity index (χ1n) is 8.60. The topological polar surface area (TPSA) is 77.4 Å². The normalized spacial score (nSPS) is 11.4. The summed E-state index contributed by atoms with van der Waals surface area (Å²) in [7, 11) is -4.00. The number of unbranched alkanes of at least 4 members (excludes halogenated alkanes) is 13. The molecule has 0 saturated heterocycles. The molecule has 0 aromatic rings. The quantitative estimate of drug-likeness (QED) is 0.253. The number of aliphatic hydroxyl groups excluding tert-OH is 1. The van der Waals surface area contributed by atoms with Gasteiger partial charge in [-0.1, -0.05) is 77.0 Å². The molecule has 0 saturated carbocycles. The maximum Gasteiger partial charge on any atom is 1.00 e. The number of hydrogen-bond acceptors (Lipinski definition) is 4. The Morgan fingerprint density at radius 1 is 0.591 bits per heavy atom. The molecule has 128 valence electrons. The van der Waals surface area contributed by atoms with Gasteiger partial charge in [0.1, 0.15) is 0 Å². The van der Waals surface area contributed by atoms with Gasteiger partial charge in [-0.3, -0.25) is 0 Å². The monoisotopic (exact) mass is 360 g/mol. The first-order chi connectivity index (χ1) is 10.1. The predicted octanol–water partition coefficient (Wildman–Crippen LogP) is 0.989. The molecule has 0 bridgehead atoms. The van der Waals surface area contributed by atoms with Crippen LogP contribution >= 0.6 is 0 Å². The molecule has 0 heterocycles. The van der Waals surface area contributed by atoms with Gasteiger partial charge < -0.3 is 9.66 Å². The van der Waals surface area contributed by atoms with E-state index in [9.17, 15) is 13.0 Å². The third-order valence-electron chi connectivity index (χ3n) is 3.80. The van der Waals surface area contributed by atoms with E-state index in [2.05, 4.69) is 0 Å². The Bertz CT molecular complexity index is 307. The second kappa shape index (κ2) is 18.8. The molecule has 4 nitrogen and oxygen atoms in total. The number of aliphatic hydroxyl groups is 1. The van der Waals surface area contributed by atoms with E-state index in [0.29, 0.717) is 13.0 Å². The molecular formula is C16H33KO4S. The van der Waals surface area contributed by atoms with Gasteiger partial charge in [0.05, 0.1) is 10.1 Å². The van der Waals surface area contributed by atoms with Gasteiger partial charge in [0.2, 0.25) is 0 Å². The molecule has 0 amide bonds. The Labute approximate surface area is 180 Å². The third kappa shape index (κ3) is 23.8. The minimum absolute atomic E-state index is 0. The van der Waals surface area contributed by atoms with E-state index in [1.54, 1.807) is 0 Å². The second-order valence-corrected chi connectivity index (χ2v) is 7.46. The number of rotatable bonds is 16. The van der Waals surface area contributed by atoms with E-state index in [1.807, 2.05) is 0 Å². The summed E-state index contributed by atoms with van der Waals surface area (Å²) in [4.78, 5) is 0. The Balaban J connectivity index is 0. The predicted molar refractivity (Wildman–Crippen MR) is 86.3 cm³/mol. The zero-order valence-electron chi connectivity index (χ0n) is 14.4. The van der Waals surface area contributed by atoms with E-state index >= 15 is 0 Å². The summed E-state index contributed by atoms with van der Waals surface area (Å²) in [6.07, 6.45) is 15.9. The summed E-state index contributed by atoms with van der Waals surface area (Å²) in [5, 5.41) is 8.65. The maximum absolute atomic E-state index is 10.4. The fourth-order valence-corrected chi connectivity index (χ4v) is 3.07. The molecule has 0 radical (unpaired) electrons. The maximum atomic E-state index is 10.4. The molecule has 0 atom stereocenters. The molecular weight excluding hydrogens is 327 g/mol. The smallest absolute Gasteiger partial charge is 0.748 e. The van der Waals surface area contributed by atoms with Gasteiger partial charge in [-0.25, -0.2) is 8.42 Å². The molecule has 0 unspecified atom stereocenters. The van der Waals surface area contributed by atoms with Crippen molar-refractivity contribution < 1.29 is 69.5 Å². The van der Waals surface area contributed by atoms with Crippen LogP contribution in [0.2, 0.25) is 0 Å². The molecule has 0 aliphatic heterocycles. The average molecular weight is 361 g/mol. The van der Waals surface area contributed by atoms with Crippen molar-refractivity contribution in [3.63, 3.8) is 0 Å². The van der Waals surface area contributed by atoms with Crippen LogP contribution < -0.4 is 51.4 Å². The molecule has 0 aromatic carbocycles. The SMILES string of the molecule is O=S(=O)([O-])CCCCCCCCCCCCCCCCO.[K+]. The van der Waals surface area contributed by atoms with Gasteiger partial charge in [0.15, 0.2) is 0 Å². The summed E-state index contributed by atoms with van der Waals surface area (Å²) in [6.45, 7) is 0.326. The molecule has 0 fully saturated rings. The van der Waals surface area contributed by atoms with Crippen molar-refractivity contribution in [3.8, 4) is 0 Å². The van der Waals surface area contributed by atoms with Crippen molar-refractivity contribution in [3.05, 3.63) is 0 Å². The van der Waals surface area contributed by atoms with Crippen LogP contribution in [0.3, 0.4) is 0 Å². The Kier molecular flexibility index (Phi) is 22.0. The summed E-state index contributed by atoms with van der Waals surface area (Å²) < 4.78 is 31.2. The molecule has 22 heavy (non-hydrogen) atoms. The minimum Gasteiger partial charge on any atom is -0.748 e. The van der Waals surface area contributed by atoms with Crippen LogP contribution in [0.4, 0.5) is 0 Å². The zero-order chi connectivity index (χ0) is 15.8. The van der Waals surface area contributed by atoms with Gasteiger partial charge in [-0.2, -0.15) is 0 Å². The van der Waals surface area contributed by atoms with Gasteiger partial charge in [-0.05, 0) is 12.8 Å². The summed E-state index contributed by atoms with van der Waals surface area (Å²) in [5.74, 6) is -0.203. The Morgan fingerprint density at radius 3 is 1.14 bits per heavy atom. The molecule has 0 aliphatic carbocycles. The van der Waals surface area contributed by atoms with Crippen LogP contribution in [0, 0.1) is 0 Å². The standard InChI is InChI=1S/C16H34O4S.K/c17-15-13-11-9-7-5-3-1-2-4-6-8-10-12-14-16-21(18,19)20;/h17H,1-16H2,(H,18,19,20);/q;+1/p-1. The van der Waals surface area contributed by atoms with E-state index in [-0.39, 0.29) is 57.1 Å². The summed E-state index contributed by atoms with van der Waals surface area (Å²) in [6, 6.07) is 0. The molecule has 0 aliphatic rings. The Hall–Kier alpha value is 1.51. The van der Waals surface area contributed by atoms with Crippen LogP contribution in [0.1, 0.15) is 89.9 Å². The number of hydrogen-bond donors (Lipinski definition) is 1. The summed E-state index contributed by atoms with van der Waals surface area (Å²) >= 11 is 0. The van der Waals surface area contributed by atoms with Crippen LogP contribution in [0.25, 0.3) is 0 Å². The van der Waals surface area contributed by atoms with Crippen molar-refractivity contribution >= 4 is 10.1 Å². The first kappa shape index (κ1) is 25.7. The minimum atomic E-state index is -4.00. The molecule has 1 N–H and O–H groups in total. The van der Waals surface area contributed by atoms with Crippen molar-refractivity contribution in [1.82, 2.24) is 0 Å². The van der Waals surface area contributed by atoms with E-state index in [0.717, 1.165) is 32.1 Å². The largest absolute Gasteiger partial charge is 1.00 e. The first-order valence-corrected chi connectivity index (χ1v) is 10.2. The van der Waals surface area contributed by atoms with E-state index in [4.69, 9.17) is 5.11 Å². The fraction of sp³-hybridized carbons (Fsp3) is 1.00. The third-order valence-corrected chi connectivity index (χ3v) is 4.59. The fourth-order valence-electron chi connectivity index (χ4n) is 2.51. The molecule has 0 rings (SSSR count). The van der Waals surface area contributed by atoms with Crippen molar-refractivity contribution in [2.24, 2.45) is 0 Å². The molecule has 0 spiro atoms. The van der Waals surface area contributed by atoms with Gasteiger partial charge in [0.25, 0.3) is 0 Å². The van der Waals surface area contributed by atoms with Crippen molar-refractivity contribution in [1.29, 1.82) is 0 Å². The molecule has 6 heteroatoms. The Morgan fingerprint density at radius 2 is 0.864 bits per heavy atom. The van der Waals surface area contributed by atoms with Crippen molar-refractivity contribution in [2.45, 2.75) is 89.9 Å². The second-order valence-electron chi connectivity index (χ2n) is 5.94. The van der Waals surface area contributed by atoms with E-state index in [1.165, 1.54) is 51.4 Å². The van der Waals surface area contributed by atoms with Gasteiger partial charge in [0, 0.05) is 12.4 Å². The van der Waals surface area contributed by atoms with Crippen LogP contribution in [0.5, 0.6) is 0 Å². The van der Waals surface area contributed by atoms with Gasteiger partial charge >= 0.3 is 51.4 Å². The van der Waals surface area contributed by atoms with Crippen LogP contribution in [-0.4, -0.2) is 30.4 Å². The van der Waals surface area contributed by atoms with E-state index < -0.39 is 10.1 Å². The summed E-state index contributed by atoms with van der Waals surface area (Å²) in [5.41, 5.74) is 0. The van der Waals surface area contributed by atoms with Crippen LogP contribution in [-0.2, 0) is 10.1 Å². The van der Waals surface area contributed by atoms with Gasteiger partial charge in [-0.15, -0.1) is 0 Å². The molecule has 0 aromatic heterocycles. The zero-order valence-corrected chi connectivity index (χ0v) is 18.3. The average Bonchev–Trinajstić information content (AvgIpc) is 2.42. The van der Waals surface area contributed by atoms with Crippen molar-refractivity contribution in [2.75, 3.05) is 12.4 Å². The van der Waals surface area contributed by atoms with Crippen LogP contribution in [0.15, 0.2) is 0 Å².